The van der Waals surface area contributed by atoms with Crippen LogP contribution in [-0.2, 0) is 85.6 Å². The van der Waals surface area contributed by atoms with Crippen molar-refractivity contribution in [3.05, 3.63) is 132 Å². The van der Waals surface area contributed by atoms with Gasteiger partial charge in [-0.3, -0.25) is 28.8 Å². The molecule has 2 amide bonds. The van der Waals surface area contributed by atoms with E-state index in [4.69, 9.17) is 139 Å². The topological polar surface area (TPSA) is 484 Å². The Morgan fingerprint density at radius 3 is 1.01 bits per heavy atom. The number of amides is 2. The summed E-state index contributed by atoms with van der Waals surface area (Å²) in [5.41, 5.74) is 19.0. The van der Waals surface area contributed by atoms with Crippen molar-refractivity contribution in [3.8, 4) is 99.3 Å². The minimum absolute atomic E-state index is 0.0408. The molecule has 0 unspecified atom stereocenters. The molecule has 12 aromatic rings. The highest BCUT2D eigenvalue weighted by Gasteiger charge is 2.43. The largest absolute Gasteiger partial charge is 0.491 e. The van der Waals surface area contributed by atoms with E-state index in [0.29, 0.717) is 321 Å². The number of benzene rings is 6. The van der Waals surface area contributed by atoms with Crippen LogP contribution in [0, 0.1) is 19.8 Å². The van der Waals surface area contributed by atoms with Gasteiger partial charge in [0.1, 0.15) is 88.0 Å². The summed E-state index contributed by atoms with van der Waals surface area (Å²) in [5.74, 6) is 3.51. The number of nitrogens with two attached hydrogens (primary N) is 1. The number of hydrogen-bond acceptors (Lipinski definition) is 40. The number of aryl methyl sites for hydroxylation is 2. The lowest BCUT2D eigenvalue weighted by atomic mass is 9.94. The van der Waals surface area contributed by atoms with Gasteiger partial charge in [0, 0.05) is 136 Å². The number of ether oxygens (including phenoxy) is 16. The molecule has 2 saturated heterocycles. The van der Waals surface area contributed by atoms with Crippen LogP contribution in [0.1, 0.15) is 42.5 Å². The molecule has 37 nitrogen and oxygen atoms in total. The highest BCUT2D eigenvalue weighted by molar-refractivity contribution is 8.00. The lowest BCUT2D eigenvalue weighted by molar-refractivity contribution is -0.134. The van der Waals surface area contributed by atoms with Crippen molar-refractivity contribution in [2.45, 2.75) is 57.2 Å². The first-order valence-electron chi connectivity index (χ1n) is 49.0. The monoisotopic (exact) mass is 2220 g/mol. The molecule has 6 aromatic carbocycles. The summed E-state index contributed by atoms with van der Waals surface area (Å²) < 4.78 is 113. The Morgan fingerprint density at radius 2 is 0.678 bits per heavy atom. The summed E-state index contributed by atoms with van der Waals surface area (Å²) in [6, 6.07) is 39.8. The predicted molar refractivity (Wildman–Crippen MR) is 586 cm³/mol. The van der Waals surface area contributed by atoms with E-state index in [2.05, 4.69) is 41.8 Å². The molecule has 8 heterocycles. The number of aromatic nitrogens is 8. The van der Waals surface area contributed by atoms with Crippen LogP contribution in [0.5, 0.6) is 23.0 Å². The zero-order chi connectivity index (χ0) is 104. The first-order chi connectivity index (χ1) is 72.9. The molecule has 802 valence electrons. The average molecular weight is 2220 g/mol. The minimum atomic E-state index is -0.850. The van der Waals surface area contributed by atoms with E-state index < -0.39 is 23.9 Å². The average Bonchev–Trinajstić information content (AvgIpc) is 1.62. The van der Waals surface area contributed by atoms with Crippen LogP contribution in [0.3, 0.4) is 0 Å². The molecule has 149 heavy (non-hydrogen) atoms. The van der Waals surface area contributed by atoms with Crippen LogP contribution in [0.15, 0.2) is 121 Å². The molecule has 2 fully saturated rings. The fourth-order valence-corrected chi connectivity index (χ4v) is 22.8. The lowest BCUT2D eigenvalue weighted by Gasteiger charge is -2.16. The van der Waals surface area contributed by atoms with Crippen LogP contribution in [-0.4, -0.2) is 355 Å². The van der Waals surface area contributed by atoms with Crippen molar-refractivity contribution in [1.82, 2.24) is 48.1 Å². The second-order valence-electron chi connectivity index (χ2n) is 33.4. The number of carbonyl (C=O) groups is 6. The van der Waals surface area contributed by atoms with Crippen LogP contribution in [0.25, 0.3) is 120 Å². The quantitative estimate of drug-likeness (QED) is 0.0174. The van der Waals surface area contributed by atoms with Gasteiger partial charge in [-0.2, -0.15) is 29.3 Å². The fraction of sp³-hybridized carbons (Fsp3) is 0.476. The Balaban J connectivity index is 0.000000871. The van der Waals surface area contributed by atoms with Gasteiger partial charge in [-0.25, -0.2) is 19.9 Å². The molecular formula is C103H125N11O26S9. The summed E-state index contributed by atoms with van der Waals surface area (Å²) in [6.45, 7) is 15.4. The van der Waals surface area contributed by atoms with Gasteiger partial charge in [-0.15, -0.1) is 69.7 Å². The number of nitrogens with one attached hydrogen (secondary N) is 2. The molecule has 2 aliphatic rings. The van der Waals surface area contributed by atoms with Crippen LogP contribution in [0.2, 0.25) is 0 Å². The third kappa shape index (κ3) is 37.9. The smallest absolute Gasteiger partial charge is 0.313 e. The van der Waals surface area contributed by atoms with E-state index >= 15 is 0 Å². The van der Waals surface area contributed by atoms with Crippen LogP contribution in [0.4, 0.5) is 0 Å². The highest BCUT2D eigenvalue weighted by Crippen LogP contribution is 2.51. The van der Waals surface area contributed by atoms with Crippen molar-refractivity contribution in [2.24, 2.45) is 11.7 Å². The molecule has 3 atom stereocenters. The number of carbonyl (C=O) groups excluding carboxylic acids is 2. The van der Waals surface area contributed by atoms with Gasteiger partial charge >= 0.3 is 23.9 Å². The Kier molecular flexibility index (Phi) is 50.8. The predicted octanol–water partition coefficient (Wildman–Crippen LogP) is 15.2. The summed E-state index contributed by atoms with van der Waals surface area (Å²) in [7, 11) is 0. The van der Waals surface area contributed by atoms with Gasteiger partial charge in [0.25, 0.3) is 0 Å². The Hall–Kier alpha value is -9.71. The summed E-state index contributed by atoms with van der Waals surface area (Å²) >= 11 is 12.6. The van der Waals surface area contributed by atoms with Crippen molar-refractivity contribution in [1.29, 1.82) is 0 Å². The number of carboxylic acids is 4. The van der Waals surface area contributed by atoms with Crippen molar-refractivity contribution < 1.29 is 125 Å². The first-order valence-corrected chi connectivity index (χ1v) is 57.8. The minimum Gasteiger partial charge on any atom is -0.491 e. The van der Waals surface area contributed by atoms with E-state index in [1.54, 1.807) is 22.7 Å². The van der Waals surface area contributed by atoms with Gasteiger partial charge in [0.2, 0.25) is 11.8 Å². The first kappa shape index (κ1) is 116. The van der Waals surface area contributed by atoms with Gasteiger partial charge in [-0.05, 0) is 148 Å². The zero-order valence-corrected chi connectivity index (χ0v) is 90.3. The molecule has 0 bridgehead atoms. The van der Waals surface area contributed by atoms with Crippen molar-refractivity contribution in [3.63, 3.8) is 0 Å². The molecule has 0 aliphatic carbocycles. The number of hydrogen-bond donors (Lipinski definition) is 7. The molecule has 0 radical (unpaired) electrons. The van der Waals surface area contributed by atoms with E-state index in [1.165, 1.54) is 47.0 Å². The SMILES string of the molecule is Cc1ccc(-c2c3nsnc3c(-c3ccc(-c4c5nsnc5c(C)c5nc(-c6ccc(OCCOCCOCCOCCSCC(=O)O)cc6)c(-c6ccc(OCCOCCOCCOCCSCC(=O)O)cc6)nc45)s3)c3nc(-c4ccc(OCCOCCOCCOCCSCC(=O)O)cc4)c(-c4ccc(OCCOCCOCCOCCSCC(=O)O)cc4)nc23)s1.NCCNC(=O)CCCC[C@@H]1SC[C@@H]2NC(=O)C[C@@H]21. The summed E-state index contributed by atoms with van der Waals surface area (Å²) in [6.07, 6.45) is 4.38. The Bertz CT molecular complexity index is 6160. The Morgan fingerprint density at radius 1 is 0.376 bits per heavy atom. The molecule has 46 heteroatoms. The maximum absolute atomic E-state index is 11.4. The van der Waals surface area contributed by atoms with E-state index in [1.807, 2.05) is 116 Å². The molecule has 8 N–H and O–H groups in total. The second-order valence-corrected chi connectivity index (χ2v) is 42.5. The van der Waals surface area contributed by atoms with Gasteiger partial charge in [-0.1, -0.05) is 6.42 Å². The van der Waals surface area contributed by atoms with Gasteiger partial charge in [0.05, 0.1) is 233 Å². The number of rotatable bonds is 74. The maximum Gasteiger partial charge on any atom is 0.313 e. The number of unbranched alkanes of at least 4 members (excludes halogenated alkanes) is 1. The molecule has 6 aromatic heterocycles. The van der Waals surface area contributed by atoms with Crippen LogP contribution < -0.4 is 35.3 Å². The third-order valence-corrected chi connectivity index (χ3v) is 31.1. The molecule has 0 saturated carbocycles. The molecule has 0 spiro atoms. The van der Waals surface area contributed by atoms with Crippen molar-refractivity contribution >= 4 is 185 Å². The summed E-state index contributed by atoms with van der Waals surface area (Å²) in [4.78, 5) is 92.4. The zero-order valence-electron chi connectivity index (χ0n) is 83.0. The fourth-order valence-electron chi connectivity index (χ4n) is 15.8. The Labute approximate surface area is 901 Å². The van der Waals surface area contributed by atoms with E-state index in [0.717, 1.165) is 112 Å². The summed E-state index contributed by atoms with van der Waals surface area (Å²) in [5, 5.41) is 41.8. The lowest BCUT2D eigenvalue weighted by Crippen LogP contribution is -2.29. The normalized spacial score (nSPS) is 13.8. The number of carboxylic acid groups (broad SMARTS) is 4. The third-order valence-electron chi connectivity index (χ3n) is 22.7. The number of aliphatic carboxylic acids is 4. The number of nitrogens with zero attached hydrogens (tertiary/aromatic N) is 8. The number of fused-ring (bicyclic) bond motifs is 5. The van der Waals surface area contributed by atoms with Gasteiger partial charge < -0.3 is 113 Å². The van der Waals surface area contributed by atoms with Crippen LogP contribution >= 0.6 is 105 Å². The molecule has 14 rings (SSSR count). The van der Waals surface area contributed by atoms with E-state index in [-0.39, 0.29) is 54.6 Å². The molecular weight excluding hydrogens is 2100 g/mol. The second kappa shape index (κ2) is 65.0. The molecule has 2 aliphatic heterocycles. The van der Waals surface area contributed by atoms with Crippen molar-refractivity contribution in [2.75, 3.05) is 250 Å². The van der Waals surface area contributed by atoms with E-state index in [9.17, 15) is 28.8 Å². The number of thiophene rings is 2. The highest BCUT2D eigenvalue weighted by atomic mass is 32.2. The standard InChI is InChI=1S/C90H102N8O24S8.C13H23N3O2S/c1-59-3-20-69(127-59)76-86-87(94-84(64-10-18-68(19-11-64)122-46-42-114-30-26-110-34-38-118-50-54-126-58-75(105)106)83(93-86)63-8-16-67(17-9-63)121-45-41-113-29-25-109-33-37-117-49-53-125-57-74(103)104)78(90-89(76)97-130-98-90)71-22-21-70(128-71)77-85-79(60(2)80-88(77)96-129-95-80)91-81(61-4-12-65(13-5-61)119-43-39-111-27-23-107-31-35-115-47-51-123-55-72(99)100)82(92-85)62-6-14-66(15-7-62)120-44-40-112-28-24-108-32-36-116-48-52-124-56-73(101)102;14-5-6-15-12(17)4-2-1-3-11-9-7-13(18)16-10(9)8-19-11/h3-22H,23-58H2,1-2H3,(H,99,100)(H,101,102)(H,103,104)(H,105,106);9-11H,1-8,14H2,(H,15,17)(H,16,18)/t;9-,10-,11-/m.0/s1. The maximum atomic E-state index is 11.4. The van der Waals surface area contributed by atoms with Gasteiger partial charge in [0.15, 0.2) is 0 Å². The number of thioether (sulfide) groups is 5.